The summed E-state index contributed by atoms with van der Waals surface area (Å²) in [4.78, 5) is 24.8. The second-order valence-corrected chi connectivity index (χ2v) is 9.00. The molecule has 3 aromatic carbocycles. The molecule has 1 atom stereocenters. The molecular weight excluding hydrogens is 440 g/mol. The summed E-state index contributed by atoms with van der Waals surface area (Å²) >= 11 is 0. The quantitative estimate of drug-likeness (QED) is 0.380. The lowest BCUT2D eigenvalue weighted by Gasteiger charge is -2.22. The molecule has 35 heavy (non-hydrogen) atoms. The van der Waals surface area contributed by atoms with Crippen molar-refractivity contribution in [1.29, 1.82) is 0 Å². The van der Waals surface area contributed by atoms with E-state index in [4.69, 9.17) is 15.2 Å². The number of amides is 1. The summed E-state index contributed by atoms with van der Waals surface area (Å²) in [5, 5.41) is 0.963. The van der Waals surface area contributed by atoms with E-state index >= 15 is 0 Å². The fourth-order valence-electron chi connectivity index (χ4n) is 5.16. The number of benzene rings is 3. The number of aryl methyl sites for hydroxylation is 1. The van der Waals surface area contributed by atoms with Crippen LogP contribution in [-0.2, 0) is 22.5 Å². The van der Waals surface area contributed by atoms with Crippen LogP contribution in [0.5, 0.6) is 11.5 Å². The Morgan fingerprint density at radius 3 is 2.60 bits per heavy atom. The first-order valence-electron chi connectivity index (χ1n) is 11.8. The number of esters is 1. The lowest BCUT2D eigenvalue weighted by Crippen LogP contribution is -2.25. The summed E-state index contributed by atoms with van der Waals surface area (Å²) in [6, 6.07) is 21.6. The third-order valence-corrected chi connectivity index (χ3v) is 6.80. The molecular formula is C29H28N2O4. The number of primary amides is 1. The van der Waals surface area contributed by atoms with E-state index in [0.29, 0.717) is 23.6 Å². The van der Waals surface area contributed by atoms with Crippen LogP contribution >= 0.6 is 0 Å². The first-order chi connectivity index (χ1) is 17.0. The van der Waals surface area contributed by atoms with Crippen molar-refractivity contribution in [1.82, 2.24) is 4.57 Å². The molecule has 0 radical (unpaired) electrons. The van der Waals surface area contributed by atoms with Gasteiger partial charge in [-0.2, -0.15) is 0 Å². The summed E-state index contributed by atoms with van der Waals surface area (Å²) in [5.41, 5.74) is 11.4. The Morgan fingerprint density at radius 2 is 1.86 bits per heavy atom. The average molecular weight is 469 g/mol. The molecule has 6 heteroatoms. The predicted molar refractivity (Wildman–Crippen MR) is 135 cm³/mol. The van der Waals surface area contributed by atoms with Gasteiger partial charge in [0.1, 0.15) is 17.1 Å². The van der Waals surface area contributed by atoms with E-state index in [0.717, 1.165) is 47.0 Å². The largest absolute Gasteiger partial charge is 0.465 e. The van der Waals surface area contributed by atoms with Gasteiger partial charge in [0.2, 0.25) is 5.91 Å². The van der Waals surface area contributed by atoms with Gasteiger partial charge in [0, 0.05) is 23.1 Å². The molecule has 0 fully saturated rings. The number of nitrogens with zero attached hydrogens (tertiary/aromatic N) is 1. The molecule has 1 amide bonds. The molecule has 0 spiro atoms. The monoisotopic (exact) mass is 468 g/mol. The highest BCUT2D eigenvalue weighted by Crippen LogP contribution is 2.41. The highest BCUT2D eigenvalue weighted by Gasteiger charge is 2.31. The molecule has 0 saturated carbocycles. The Labute approximate surface area is 204 Å². The number of carbonyl (C=O) groups is 2. The highest BCUT2D eigenvalue weighted by molar-refractivity contribution is 5.95. The van der Waals surface area contributed by atoms with E-state index in [2.05, 4.69) is 16.7 Å². The van der Waals surface area contributed by atoms with Gasteiger partial charge in [-0.25, -0.2) is 4.79 Å². The van der Waals surface area contributed by atoms with Gasteiger partial charge >= 0.3 is 5.97 Å². The minimum absolute atomic E-state index is 0.303. The van der Waals surface area contributed by atoms with E-state index in [9.17, 15) is 9.59 Å². The Hall–Kier alpha value is -4.06. The van der Waals surface area contributed by atoms with Crippen molar-refractivity contribution in [3.05, 3.63) is 94.7 Å². The van der Waals surface area contributed by atoms with E-state index in [-0.39, 0.29) is 11.8 Å². The maximum absolute atomic E-state index is 12.4. The van der Waals surface area contributed by atoms with Crippen molar-refractivity contribution < 1.29 is 19.1 Å². The van der Waals surface area contributed by atoms with Crippen LogP contribution in [-0.4, -0.2) is 23.6 Å². The third kappa shape index (κ3) is 4.16. The summed E-state index contributed by atoms with van der Waals surface area (Å²) < 4.78 is 13.5. The number of ether oxygens (including phenoxy) is 2. The number of hydrogen-bond donors (Lipinski definition) is 1. The molecule has 5 rings (SSSR count). The van der Waals surface area contributed by atoms with Gasteiger partial charge in [-0.1, -0.05) is 42.5 Å². The average Bonchev–Trinajstić information content (AvgIpc) is 3.18. The predicted octanol–water partition coefficient (Wildman–Crippen LogP) is 5.48. The number of nitrogens with two attached hydrogens (primary N) is 1. The molecule has 0 aliphatic heterocycles. The van der Waals surface area contributed by atoms with Gasteiger partial charge in [0.15, 0.2) is 0 Å². The molecule has 0 saturated heterocycles. The second kappa shape index (κ2) is 9.29. The van der Waals surface area contributed by atoms with E-state index < -0.39 is 5.97 Å². The van der Waals surface area contributed by atoms with Gasteiger partial charge in [-0.15, -0.1) is 0 Å². The van der Waals surface area contributed by atoms with Crippen molar-refractivity contribution in [3.63, 3.8) is 0 Å². The van der Waals surface area contributed by atoms with Gasteiger partial charge in [0.25, 0.3) is 0 Å². The second-order valence-electron chi connectivity index (χ2n) is 9.00. The third-order valence-electron chi connectivity index (χ3n) is 6.80. The lowest BCUT2D eigenvalue weighted by atomic mass is 9.84. The Balaban J connectivity index is 1.65. The molecule has 4 aromatic rings. The summed E-state index contributed by atoms with van der Waals surface area (Å²) in [6.07, 6.45) is 2.55. The Bertz CT molecular complexity index is 1420. The van der Waals surface area contributed by atoms with Crippen LogP contribution in [0.4, 0.5) is 0 Å². The normalized spacial score (nSPS) is 15.0. The topological polar surface area (TPSA) is 83.6 Å². The number of methoxy groups -OCH3 is 1. The lowest BCUT2D eigenvalue weighted by molar-refractivity contribution is -0.119. The Kier molecular flexibility index (Phi) is 6.03. The molecule has 1 aromatic heterocycles. The minimum atomic E-state index is -0.454. The fraction of sp³-hybridized carbons (Fsp3) is 0.241. The number of rotatable bonds is 6. The van der Waals surface area contributed by atoms with E-state index in [1.54, 1.807) is 12.1 Å². The van der Waals surface area contributed by atoms with Crippen molar-refractivity contribution in [2.24, 2.45) is 5.73 Å². The van der Waals surface area contributed by atoms with Crippen LogP contribution < -0.4 is 10.5 Å². The first-order valence-corrected chi connectivity index (χ1v) is 11.8. The van der Waals surface area contributed by atoms with Crippen LogP contribution in [0.1, 0.15) is 51.5 Å². The SMILES string of the molecule is COC(=O)c1cccc(C)c1Oc1ccc2c(c1)c1c(n2Cc2ccccc2)CCCC1C(N)=O. The zero-order valence-corrected chi connectivity index (χ0v) is 19.9. The Morgan fingerprint density at radius 1 is 1.06 bits per heavy atom. The maximum atomic E-state index is 12.4. The molecule has 2 N–H and O–H groups in total. The number of aromatic nitrogens is 1. The van der Waals surface area contributed by atoms with Crippen LogP contribution in [0.2, 0.25) is 0 Å². The van der Waals surface area contributed by atoms with E-state index in [1.807, 2.05) is 49.4 Å². The first kappa shape index (κ1) is 22.7. The molecule has 6 nitrogen and oxygen atoms in total. The number of para-hydroxylation sites is 1. The molecule has 178 valence electrons. The van der Waals surface area contributed by atoms with Crippen molar-refractivity contribution in [2.45, 2.75) is 38.6 Å². The van der Waals surface area contributed by atoms with Crippen molar-refractivity contribution in [2.75, 3.05) is 7.11 Å². The van der Waals surface area contributed by atoms with Gasteiger partial charge in [-0.3, -0.25) is 4.79 Å². The van der Waals surface area contributed by atoms with Crippen LogP contribution in [0, 0.1) is 6.92 Å². The molecule has 1 unspecified atom stereocenters. The standard InChI is InChI=1S/C29H28N2O4/c1-18-8-6-12-22(29(33)34-2)27(18)35-20-14-15-24-23(16-20)26-21(28(30)32)11-7-13-25(26)31(24)17-19-9-4-3-5-10-19/h3-6,8-10,12,14-16,21H,7,11,13,17H2,1-2H3,(H2,30,32). The smallest absolute Gasteiger partial charge is 0.341 e. The van der Waals surface area contributed by atoms with Crippen LogP contribution in [0.3, 0.4) is 0 Å². The molecule has 1 aliphatic carbocycles. The van der Waals surface area contributed by atoms with Crippen LogP contribution in [0.25, 0.3) is 10.9 Å². The maximum Gasteiger partial charge on any atom is 0.341 e. The van der Waals surface area contributed by atoms with E-state index in [1.165, 1.54) is 12.7 Å². The summed E-state index contributed by atoms with van der Waals surface area (Å²) in [5.74, 6) is -0.0429. The van der Waals surface area contributed by atoms with Crippen molar-refractivity contribution >= 4 is 22.8 Å². The molecule has 1 heterocycles. The van der Waals surface area contributed by atoms with Gasteiger partial charge < -0.3 is 19.8 Å². The number of carbonyl (C=O) groups excluding carboxylic acids is 2. The summed E-state index contributed by atoms with van der Waals surface area (Å²) in [7, 11) is 1.35. The summed E-state index contributed by atoms with van der Waals surface area (Å²) in [6.45, 7) is 2.60. The zero-order valence-electron chi connectivity index (χ0n) is 19.9. The number of fused-ring (bicyclic) bond motifs is 3. The number of hydrogen-bond acceptors (Lipinski definition) is 4. The molecule has 0 bridgehead atoms. The molecule has 1 aliphatic rings. The van der Waals surface area contributed by atoms with Gasteiger partial charge in [0.05, 0.1) is 13.0 Å². The minimum Gasteiger partial charge on any atom is -0.465 e. The van der Waals surface area contributed by atoms with Gasteiger partial charge in [-0.05, 0) is 67.1 Å². The highest BCUT2D eigenvalue weighted by atomic mass is 16.5. The fourth-order valence-corrected chi connectivity index (χ4v) is 5.16. The zero-order chi connectivity index (χ0) is 24.5. The van der Waals surface area contributed by atoms with Crippen molar-refractivity contribution in [3.8, 4) is 11.5 Å². The van der Waals surface area contributed by atoms with Crippen LogP contribution in [0.15, 0.2) is 66.7 Å².